The summed E-state index contributed by atoms with van der Waals surface area (Å²) in [6.45, 7) is 21.5. The third kappa shape index (κ3) is 17.1. The Balaban J connectivity index is 0.000000206. The van der Waals surface area contributed by atoms with Crippen molar-refractivity contribution < 1.29 is 47.5 Å². The summed E-state index contributed by atoms with van der Waals surface area (Å²) in [5.74, 6) is -0.576. The molecule has 70 heavy (non-hydrogen) atoms. The minimum Gasteiger partial charge on any atom is -0.494 e. The van der Waals surface area contributed by atoms with E-state index in [1.54, 1.807) is 24.3 Å². The van der Waals surface area contributed by atoms with Crippen molar-refractivity contribution in [1.29, 1.82) is 0 Å². The number of benzene rings is 2. The van der Waals surface area contributed by atoms with E-state index in [1.165, 1.54) is 24.3 Å². The van der Waals surface area contributed by atoms with Crippen molar-refractivity contribution >= 4 is 34.3 Å². The molecule has 0 bridgehead atoms. The third-order valence-electron chi connectivity index (χ3n) is 11.7. The largest absolute Gasteiger partial charge is 0.494 e. The van der Waals surface area contributed by atoms with Crippen LogP contribution in [-0.2, 0) is 45.2 Å². The van der Waals surface area contributed by atoms with Gasteiger partial charge in [-0.05, 0) is 99.5 Å². The van der Waals surface area contributed by atoms with Crippen molar-refractivity contribution in [2.75, 3.05) is 105 Å². The Kier molecular flexibility index (Phi) is 21.7. The van der Waals surface area contributed by atoms with Gasteiger partial charge in [0.15, 0.2) is 11.3 Å². The minimum atomic E-state index is -1.82. The molecule has 6 heterocycles. The second-order valence-electron chi connectivity index (χ2n) is 16.6. The standard InChI is InChI=1S/2C24H32FN5O2.C2H2O4/c2*1-2-31-18-16-30-23(27-22-5-3-10-26-24(22)30)19-29-14-12-28(13-15-29)11-4-17-32-21-8-6-20(25)7-9-21;3-1(4)2(5)6/h2*3,5-10H,2,4,11-19H2,1H3;(H,3,4)(H,5,6). The van der Waals surface area contributed by atoms with Gasteiger partial charge in [-0.2, -0.15) is 0 Å². The van der Waals surface area contributed by atoms with Crippen molar-refractivity contribution in [1.82, 2.24) is 48.7 Å². The molecule has 2 fully saturated rings. The molecule has 0 aliphatic carbocycles. The highest BCUT2D eigenvalue weighted by atomic mass is 19.1. The van der Waals surface area contributed by atoms with Crippen LogP contribution in [0.2, 0.25) is 0 Å². The summed E-state index contributed by atoms with van der Waals surface area (Å²) in [5, 5.41) is 14.8. The fraction of sp³-hybridized carbons (Fsp3) is 0.480. The number of ether oxygens (including phenoxy) is 4. The van der Waals surface area contributed by atoms with Crippen LogP contribution in [0.5, 0.6) is 11.5 Å². The number of nitrogens with zero attached hydrogens (tertiary/aromatic N) is 10. The smallest absolute Gasteiger partial charge is 0.414 e. The van der Waals surface area contributed by atoms with Crippen LogP contribution in [0.25, 0.3) is 22.3 Å². The van der Waals surface area contributed by atoms with E-state index in [0.29, 0.717) is 39.6 Å². The predicted molar refractivity (Wildman–Crippen MR) is 260 cm³/mol. The molecule has 0 atom stereocenters. The Hall–Kier alpha value is -6.16. The van der Waals surface area contributed by atoms with E-state index in [2.05, 4.69) is 38.7 Å². The zero-order valence-corrected chi connectivity index (χ0v) is 40.2. The van der Waals surface area contributed by atoms with Crippen molar-refractivity contribution in [3.8, 4) is 11.5 Å². The molecular weight excluding hydrogens is 907 g/mol. The van der Waals surface area contributed by atoms with Crippen molar-refractivity contribution in [3.05, 3.63) is 108 Å². The highest BCUT2D eigenvalue weighted by molar-refractivity contribution is 6.27. The first-order valence-corrected chi connectivity index (χ1v) is 24.0. The van der Waals surface area contributed by atoms with E-state index in [-0.39, 0.29) is 11.6 Å². The number of carbonyl (C=O) groups is 2. The number of rotatable bonds is 22. The van der Waals surface area contributed by atoms with E-state index in [0.717, 1.165) is 150 Å². The van der Waals surface area contributed by atoms with Crippen molar-refractivity contribution in [2.45, 2.75) is 52.9 Å². The molecule has 378 valence electrons. The van der Waals surface area contributed by atoms with Gasteiger partial charge in [0, 0.05) is 104 Å². The second-order valence-corrected chi connectivity index (χ2v) is 16.6. The Labute approximate surface area is 407 Å². The zero-order chi connectivity index (χ0) is 49.5. The normalized spacial score (nSPS) is 14.7. The first kappa shape index (κ1) is 53.2. The average Bonchev–Trinajstić information content (AvgIpc) is 3.90. The fourth-order valence-corrected chi connectivity index (χ4v) is 8.08. The van der Waals surface area contributed by atoms with Gasteiger partial charge in [0.2, 0.25) is 0 Å². The van der Waals surface area contributed by atoms with Gasteiger partial charge in [0.1, 0.15) is 45.8 Å². The molecule has 8 rings (SSSR count). The molecule has 0 saturated carbocycles. The second kappa shape index (κ2) is 28.5. The summed E-state index contributed by atoms with van der Waals surface area (Å²) in [6.07, 6.45) is 5.56. The summed E-state index contributed by atoms with van der Waals surface area (Å²) < 4.78 is 52.9. The molecule has 20 heteroatoms. The topological polar surface area (TPSA) is 186 Å². The monoisotopic (exact) mass is 973 g/mol. The lowest BCUT2D eigenvalue weighted by molar-refractivity contribution is -0.159. The number of piperazine rings is 2. The minimum absolute atomic E-state index is 0.239. The first-order valence-electron chi connectivity index (χ1n) is 24.0. The number of hydrogen-bond acceptors (Lipinski definition) is 14. The Bertz CT molecular complexity index is 2310. The number of carboxylic acid groups (broad SMARTS) is 2. The number of fused-ring (bicyclic) bond motifs is 2. The third-order valence-corrected chi connectivity index (χ3v) is 11.7. The molecule has 2 aliphatic heterocycles. The van der Waals surface area contributed by atoms with Gasteiger partial charge in [-0.15, -0.1) is 0 Å². The summed E-state index contributed by atoms with van der Waals surface area (Å²) >= 11 is 0. The number of imidazole rings is 2. The maximum Gasteiger partial charge on any atom is 0.414 e. The fourth-order valence-electron chi connectivity index (χ4n) is 8.08. The summed E-state index contributed by atoms with van der Waals surface area (Å²) in [7, 11) is 0. The number of carboxylic acids is 2. The lowest BCUT2D eigenvalue weighted by atomic mass is 10.3. The van der Waals surface area contributed by atoms with Gasteiger partial charge >= 0.3 is 11.9 Å². The Morgan fingerprint density at radius 3 is 1.26 bits per heavy atom. The van der Waals surface area contributed by atoms with Crippen LogP contribution in [0.1, 0.15) is 38.3 Å². The van der Waals surface area contributed by atoms with Gasteiger partial charge in [0.05, 0.1) is 39.5 Å². The summed E-state index contributed by atoms with van der Waals surface area (Å²) in [6, 6.07) is 20.3. The van der Waals surface area contributed by atoms with Crippen molar-refractivity contribution in [3.63, 3.8) is 0 Å². The van der Waals surface area contributed by atoms with Gasteiger partial charge in [-0.25, -0.2) is 38.3 Å². The Morgan fingerprint density at radius 2 is 0.900 bits per heavy atom. The van der Waals surface area contributed by atoms with E-state index in [4.69, 9.17) is 48.7 Å². The number of hydrogen-bond donors (Lipinski definition) is 2. The van der Waals surface area contributed by atoms with E-state index < -0.39 is 11.9 Å². The molecule has 0 radical (unpaired) electrons. The first-order chi connectivity index (χ1) is 34.1. The number of aliphatic carboxylic acids is 2. The number of pyridine rings is 2. The number of aromatic nitrogens is 6. The highest BCUT2D eigenvalue weighted by Crippen LogP contribution is 2.19. The van der Waals surface area contributed by atoms with Gasteiger partial charge in [0.25, 0.3) is 0 Å². The maximum absolute atomic E-state index is 13.0. The van der Waals surface area contributed by atoms with Crippen molar-refractivity contribution in [2.24, 2.45) is 0 Å². The molecule has 4 aromatic heterocycles. The van der Waals surface area contributed by atoms with E-state index in [9.17, 15) is 8.78 Å². The maximum atomic E-state index is 13.0. The lowest BCUT2D eigenvalue weighted by Gasteiger charge is -2.34. The van der Waals surface area contributed by atoms with Crippen LogP contribution in [0.15, 0.2) is 85.2 Å². The molecule has 6 aromatic rings. The van der Waals surface area contributed by atoms with Crippen LogP contribution in [0, 0.1) is 11.6 Å². The molecule has 0 amide bonds. The van der Waals surface area contributed by atoms with E-state index >= 15 is 0 Å². The van der Waals surface area contributed by atoms with E-state index in [1.807, 2.05) is 50.5 Å². The van der Waals surface area contributed by atoms with Crippen LogP contribution < -0.4 is 9.47 Å². The summed E-state index contributed by atoms with van der Waals surface area (Å²) in [5.41, 5.74) is 3.75. The van der Waals surface area contributed by atoms with Crippen LogP contribution >= 0.6 is 0 Å². The molecule has 2 aromatic carbocycles. The molecule has 0 unspecified atom stereocenters. The van der Waals surface area contributed by atoms with Gasteiger partial charge < -0.3 is 48.1 Å². The number of halogens is 2. The lowest BCUT2D eigenvalue weighted by Crippen LogP contribution is -2.46. The van der Waals surface area contributed by atoms with Gasteiger partial charge in [-0.3, -0.25) is 9.80 Å². The van der Waals surface area contributed by atoms with Crippen LogP contribution in [0.4, 0.5) is 8.78 Å². The molecule has 18 nitrogen and oxygen atoms in total. The quantitative estimate of drug-likeness (QED) is 0.0638. The molecule has 2 saturated heterocycles. The Morgan fingerprint density at radius 1 is 0.529 bits per heavy atom. The highest BCUT2D eigenvalue weighted by Gasteiger charge is 2.22. The van der Waals surface area contributed by atoms with Crippen LogP contribution in [0.3, 0.4) is 0 Å². The average molecular weight is 973 g/mol. The SMILES string of the molecule is CCOCCn1c(CN2CCN(CCCOc3ccc(F)cc3)CC2)nc2cccnc21.CCOCCn1c(CN2CCN(CCCOc3ccc(F)cc3)CC2)nc2cccnc21.O=C(O)C(=O)O. The predicted octanol–water partition coefficient (Wildman–Crippen LogP) is 5.54. The summed E-state index contributed by atoms with van der Waals surface area (Å²) in [4.78, 5) is 46.9. The van der Waals surface area contributed by atoms with Crippen LogP contribution in [-0.4, -0.2) is 176 Å². The molecule has 2 aliphatic rings. The molecule has 0 spiro atoms. The van der Waals surface area contributed by atoms with Gasteiger partial charge in [-0.1, -0.05) is 0 Å². The molecular formula is C50H66F2N10O8. The zero-order valence-electron chi connectivity index (χ0n) is 40.2. The molecule has 2 N–H and O–H groups in total.